The van der Waals surface area contributed by atoms with Crippen LogP contribution in [0.2, 0.25) is 0 Å². The maximum Gasteiger partial charge on any atom is 0.220 e. The topological polar surface area (TPSA) is 41.1 Å². The van der Waals surface area contributed by atoms with Gasteiger partial charge in [-0.05, 0) is 50.6 Å². The van der Waals surface area contributed by atoms with Crippen LogP contribution < -0.4 is 10.6 Å². The van der Waals surface area contributed by atoms with Crippen LogP contribution in [0.15, 0.2) is 18.2 Å². The molecule has 0 aromatic heterocycles. The Morgan fingerprint density at radius 1 is 1.16 bits per heavy atom. The Balaban J connectivity index is 2.18. The van der Waals surface area contributed by atoms with Gasteiger partial charge in [-0.2, -0.15) is 0 Å². The van der Waals surface area contributed by atoms with Gasteiger partial charge in [-0.1, -0.05) is 6.07 Å². The van der Waals surface area contributed by atoms with Gasteiger partial charge in [0.2, 0.25) is 5.91 Å². The van der Waals surface area contributed by atoms with E-state index in [1.54, 1.807) is 6.07 Å². The number of carbonyl (C=O) groups is 1. The Hall–Kier alpha value is -1.49. The zero-order valence-electron chi connectivity index (χ0n) is 11.1. The number of carbonyl (C=O) groups excluding carboxylic acids is 1. The summed E-state index contributed by atoms with van der Waals surface area (Å²) in [7, 11) is 1.86. The third kappa shape index (κ3) is 6.29. The van der Waals surface area contributed by atoms with E-state index in [4.69, 9.17) is 0 Å². The van der Waals surface area contributed by atoms with Gasteiger partial charge in [-0.3, -0.25) is 4.79 Å². The van der Waals surface area contributed by atoms with Crippen LogP contribution in [0.1, 0.15) is 24.8 Å². The molecule has 0 saturated carbocycles. The van der Waals surface area contributed by atoms with E-state index in [-0.39, 0.29) is 5.91 Å². The Labute approximate surface area is 112 Å². The minimum Gasteiger partial charge on any atom is -0.356 e. The van der Waals surface area contributed by atoms with Crippen LogP contribution in [-0.4, -0.2) is 26.0 Å². The summed E-state index contributed by atoms with van der Waals surface area (Å²) in [6.07, 6.45) is 2.49. The van der Waals surface area contributed by atoms with Gasteiger partial charge < -0.3 is 10.6 Å². The van der Waals surface area contributed by atoms with Crippen LogP contribution in [0.25, 0.3) is 0 Å². The molecular formula is C14H20F2N2O. The van der Waals surface area contributed by atoms with Crippen LogP contribution in [0.4, 0.5) is 8.78 Å². The summed E-state index contributed by atoms with van der Waals surface area (Å²) in [4.78, 5) is 11.5. The summed E-state index contributed by atoms with van der Waals surface area (Å²) < 4.78 is 25.7. The van der Waals surface area contributed by atoms with Crippen LogP contribution in [0.5, 0.6) is 0 Å². The number of benzene rings is 1. The molecule has 0 atom stereocenters. The molecule has 0 saturated heterocycles. The molecule has 2 N–H and O–H groups in total. The van der Waals surface area contributed by atoms with Gasteiger partial charge in [0.25, 0.3) is 0 Å². The molecule has 3 nitrogen and oxygen atoms in total. The maximum absolute atomic E-state index is 12.9. The maximum atomic E-state index is 12.9. The van der Waals surface area contributed by atoms with Gasteiger partial charge in [0, 0.05) is 13.0 Å². The van der Waals surface area contributed by atoms with Gasteiger partial charge in [-0.25, -0.2) is 8.78 Å². The number of amides is 1. The van der Waals surface area contributed by atoms with Crippen molar-refractivity contribution in [2.24, 2.45) is 0 Å². The van der Waals surface area contributed by atoms with Crippen molar-refractivity contribution < 1.29 is 13.6 Å². The number of hydrogen-bond acceptors (Lipinski definition) is 2. The average molecular weight is 270 g/mol. The summed E-state index contributed by atoms with van der Waals surface area (Å²) in [5.41, 5.74) is 0.710. The van der Waals surface area contributed by atoms with Crippen molar-refractivity contribution in [3.63, 3.8) is 0 Å². The molecule has 0 unspecified atom stereocenters. The van der Waals surface area contributed by atoms with E-state index in [1.165, 1.54) is 6.07 Å². The fraction of sp³-hybridized carbons (Fsp3) is 0.500. The normalized spacial score (nSPS) is 10.5. The highest BCUT2D eigenvalue weighted by Crippen LogP contribution is 2.11. The lowest BCUT2D eigenvalue weighted by Crippen LogP contribution is -2.26. The first kappa shape index (κ1) is 15.6. The predicted molar refractivity (Wildman–Crippen MR) is 70.8 cm³/mol. The first-order valence-corrected chi connectivity index (χ1v) is 6.48. The van der Waals surface area contributed by atoms with Crippen molar-refractivity contribution in [1.29, 1.82) is 0 Å². The van der Waals surface area contributed by atoms with Crippen molar-refractivity contribution in [1.82, 2.24) is 10.6 Å². The molecule has 0 aliphatic heterocycles. The molecule has 0 heterocycles. The minimum absolute atomic E-state index is 0.00122. The largest absolute Gasteiger partial charge is 0.356 e. The second kappa shape index (κ2) is 8.58. The van der Waals surface area contributed by atoms with Crippen molar-refractivity contribution in [2.75, 3.05) is 20.1 Å². The van der Waals surface area contributed by atoms with Gasteiger partial charge in [0.15, 0.2) is 11.6 Å². The summed E-state index contributed by atoms with van der Waals surface area (Å²) in [5, 5.41) is 5.81. The standard InChI is InChI=1S/C14H20F2N2O/c1-17-8-3-9-18-14(19)5-2-4-11-6-7-12(15)13(16)10-11/h6-7,10,17H,2-5,8-9H2,1H3,(H,18,19). The number of hydrogen-bond donors (Lipinski definition) is 2. The minimum atomic E-state index is -0.842. The molecule has 0 aliphatic rings. The van der Waals surface area contributed by atoms with Crippen molar-refractivity contribution in [3.05, 3.63) is 35.4 Å². The first-order valence-electron chi connectivity index (χ1n) is 6.48. The molecule has 1 amide bonds. The predicted octanol–water partition coefficient (Wildman–Crippen LogP) is 2.01. The number of rotatable bonds is 8. The Morgan fingerprint density at radius 3 is 2.63 bits per heavy atom. The van der Waals surface area contributed by atoms with Crippen molar-refractivity contribution >= 4 is 5.91 Å². The fourth-order valence-corrected chi connectivity index (χ4v) is 1.73. The molecule has 1 rings (SSSR count). The van der Waals surface area contributed by atoms with E-state index in [9.17, 15) is 13.6 Å². The molecule has 106 valence electrons. The molecule has 0 bridgehead atoms. The lowest BCUT2D eigenvalue weighted by molar-refractivity contribution is -0.121. The Bertz CT molecular complexity index is 410. The molecular weight excluding hydrogens is 250 g/mol. The highest BCUT2D eigenvalue weighted by molar-refractivity contribution is 5.75. The quantitative estimate of drug-likeness (QED) is 0.710. The molecule has 19 heavy (non-hydrogen) atoms. The summed E-state index contributed by atoms with van der Waals surface area (Å²) in [5.74, 6) is -1.68. The first-order chi connectivity index (χ1) is 9.13. The highest BCUT2D eigenvalue weighted by atomic mass is 19.2. The Kier molecular flexibility index (Phi) is 7.03. The summed E-state index contributed by atoms with van der Waals surface area (Å²) in [6.45, 7) is 1.53. The van der Waals surface area contributed by atoms with E-state index in [2.05, 4.69) is 10.6 Å². The third-order valence-corrected chi connectivity index (χ3v) is 2.78. The van der Waals surface area contributed by atoms with E-state index in [1.807, 2.05) is 7.05 Å². The molecule has 0 spiro atoms. The lowest BCUT2D eigenvalue weighted by atomic mass is 10.1. The molecule has 0 radical (unpaired) electrons. The van der Waals surface area contributed by atoms with Crippen LogP contribution in [-0.2, 0) is 11.2 Å². The summed E-state index contributed by atoms with van der Waals surface area (Å²) in [6, 6.07) is 3.84. The van der Waals surface area contributed by atoms with E-state index >= 15 is 0 Å². The van der Waals surface area contributed by atoms with Gasteiger partial charge in [-0.15, -0.1) is 0 Å². The molecule has 0 fully saturated rings. The molecule has 1 aromatic carbocycles. The Morgan fingerprint density at radius 2 is 1.95 bits per heavy atom. The fourth-order valence-electron chi connectivity index (χ4n) is 1.73. The van der Waals surface area contributed by atoms with E-state index in [0.29, 0.717) is 31.4 Å². The van der Waals surface area contributed by atoms with Crippen LogP contribution in [0.3, 0.4) is 0 Å². The second-order valence-electron chi connectivity index (χ2n) is 4.41. The van der Waals surface area contributed by atoms with Crippen molar-refractivity contribution in [2.45, 2.75) is 25.7 Å². The van der Waals surface area contributed by atoms with Gasteiger partial charge >= 0.3 is 0 Å². The average Bonchev–Trinajstić information content (AvgIpc) is 2.39. The number of halogens is 2. The SMILES string of the molecule is CNCCCNC(=O)CCCc1ccc(F)c(F)c1. The molecule has 5 heteroatoms. The van der Waals surface area contributed by atoms with Crippen LogP contribution >= 0.6 is 0 Å². The number of nitrogens with one attached hydrogen (secondary N) is 2. The van der Waals surface area contributed by atoms with Crippen molar-refractivity contribution in [3.8, 4) is 0 Å². The second-order valence-corrected chi connectivity index (χ2v) is 4.41. The highest BCUT2D eigenvalue weighted by Gasteiger charge is 2.04. The monoisotopic (exact) mass is 270 g/mol. The lowest BCUT2D eigenvalue weighted by Gasteiger charge is -2.05. The van der Waals surface area contributed by atoms with E-state index < -0.39 is 11.6 Å². The summed E-state index contributed by atoms with van der Waals surface area (Å²) >= 11 is 0. The molecule has 0 aliphatic carbocycles. The van der Waals surface area contributed by atoms with Crippen LogP contribution in [0, 0.1) is 11.6 Å². The smallest absolute Gasteiger partial charge is 0.220 e. The number of aryl methyl sites for hydroxylation is 1. The van der Waals surface area contributed by atoms with E-state index in [0.717, 1.165) is 19.0 Å². The zero-order chi connectivity index (χ0) is 14.1. The molecule has 1 aromatic rings. The zero-order valence-corrected chi connectivity index (χ0v) is 11.1. The van der Waals surface area contributed by atoms with Gasteiger partial charge in [0.05, 0.1) is 0 Å². The van der Waals surface area contributed by atoms with Gasteiger partial charge in [0.1, 0.15) is 0 Å². The third-order valence-electron chi connectivity index (χ3n) is 2.78.